The van der Waals surface area contributed by atoms with Gasteiger partial charge >= 0.3 is 0 Å². The first-order valence-electron chi connectivity index (χ1n) is 7.23. The SMILES string of the molecule is CC1CC(O)(CC2CCC(F)(F)C2)CN1C1CC1. The second kappa shape index (κ2) is 4.14. The van der Waals surface area contributed by atoms with Crippen molar-refractivity contribution in [3.8, 4) is 0 Å². The summed E-state index contributed by atoms with van der Waals surface area (Å²) >= 11 is 0. The summed E-state index contributed by atoms with van der Waals surface area (Å²) in [6, 6.07) is 1.06. The third-order valence-corrected chi connectivity index (χ3v) is 4.91. The molecule has 2 aliphatic carbocycles. The lowest BCUT2D eigenvalue weighted by molar-refractivity contribution is -0.00765. The zero-order valence-corrected chi connectivity index (χ0v) is 11.0. The van der Waals surface area contributed by atoms with Crippen LogP contribution in [0.2, 0.25) is 0 Å². The van der Waals surface area contributed by atoms with E-state index < -0.39 is 11.5 Å². The van der Waals surface area contributed by atoms with Gasteiger partial charge in [0.2, 0.25) is 5.92 Å². The van der Waals surface area contributed by atoms with Gasteiger partial charge in [-0.15, -0.1) is 0 Å². The van der Waals surface area contributed by atoms with Gasteiger partial charge in [0.1, 0.15) is 0 Å². The van der Waals surface area contributed by atoms with Crippen LogP contribution in [0.15, 0.2) is 0 Å². The largest absolute Gasteiger partial charge is 0.388 e. The molecule has 0 spiro atoms. The van der Waals surface area contributed by atoms with Crippen LogP contribution in [0.3, 0.4) is 0 Å². The molecule has 3 atom stereocenters. The molecule has 1 aliphatic heterocycles. The Hall–Kier alpha value is -0.220. The number of alkyl halides is 2. The average Bonchev–Trinajstić information content (AvgIpc) is 2.96. The summed E-state index contributed by atoms with van der Waals surface area (Å²) in [7, 11) is 0. The van der Waals surface area contributed by atoms with Crippen LogP contribution < -0.4 is 0 Å². The first-order valence-corrected chi connectivity index (χ1v) is 7.23. The number of halogens is 2. The molecule has 0 bridgehead atoms. The van der Waals surface area contributed by atoms with Crippen LogP contribution in [-0.4, -0.2) is 40.2 Å². The molecular formula is C14H23F2NO. The van der Waals surface area contributed by atoms with Gasteiger partial charge in [0.25, 0.3) is 0 Å². The van der Waals surface area contributed by atoms with Crippen LogP contribution in [0.5, 0.6) is 0 Å². The molecule has 1 heterocycles. The van der Waals surface area contributed by atoms with Gasteiger partial charge < -0.3 is 5.11 Å². The zero-order valence-electron chi connectivity index (χ0n) is 11.0. The molecule has 2 saturated carbocycles. The number of hydrogen-bond acceptors (Lipinski definition) is 2. The summed E-state index contributed by atoms with van der Waals surface area (Å²) in [5.41, 5.74) is -0.715. The molecule has 1 N–H and O–H groups in total. The number of rotatable bonds is 3. The highest BCUT2D eigenvalue weighted by Crippen LogP contribution is 2.45. The standard InChI is InChI=1S/C14H23F2NO/c1-10-6-13(18,9-17(10)12-2-3-12)7-11-4-5-14(15,16)8-11/h10-12,18H,2-9H2,1H3. The fourth-order valence-corrected chi connectivity index (χ4v) is 4.02. The highest BCUT2D eigenvalue weighted by atomic mass is 19.3. The molecule has 0 aromatic rings. The number of hydrogen-bond donors (Lipinski definition) is 1. The van der Waals surface area contributed by atoms with Gasteiger partial charge in [0.15, 0.2) is 0 Å². The van der Waals surface area contributed by atoms with Crippen molar-refractivity contribution in [2.75, 3.05) is 6.54 Å². The highest BCUT2D eigenvalue weighted by Gasteiger charge is 2.49. The van der Waals surface area contributed by atoms with Crippen molar-refractivity contribution in [1.82, 2.24) is 4.90 Å². The molecule has 3 rings (SSSR count). The van der Waals surface area contributed by atoms with E-state index in [4.69, 9.17) is 0 Å². The summed E-state index contributed by atoms with van der Waals surface area (Å²) in [6.45, 7) is 2.85. The lowest BCUT2D eigenvalue weighted by Gasteiger charge is -2.26. The predicted molar refractivity (Wildman–Crippen MR) is 65.7 cm³/mol. The molecule has 4 heteroatoms. The molecule has 0 aromatic heterocycles. The maximum Gasteiger partial charge on any atom is 0.248 e. The molecule has 3 aliphatic rings. The van der Waals surface area contributed by atoms with Crippen LogP contribution >= 0.6 is 0 Å². The molecule has 2 nitrogen and oxygen atoms in total. The second-order valence-corrected chi connectivity index (χ2v) is 6.85. The van der Waals surface area contributed by atoms with Crippen molar-refractivity contribution in [2.24, 2.45) is 5.92 Å². The molecule has 104 valence electrons. The van der Waals surface area contributed by atoms with Gasteiger partial charge in [0, 0.05) is 31.5 Å². The third-order valence-electron chi connectivity index (χ3n) is 4.91. The fraction of sp³-hybridized carbons (Fsp3) is 1.00. The Morgan fingerprint density at radius 2 is 1.94 bits per heavy atom. The van der Waals surface area contributed by atoms with Gasteiger partial charge in [-0.05, 0) is 44.9 Å². The topological polar surface area (TPSA) is 23.5 Å². The lowest BCUT2D eigenvalue weighted by atomic mass is 9.87. The first-order chi connectivity index (χ1) is 8.37. The average molecular weight is 259 g/mol. The van der Waals surface area contributed by atoms with E-state index in [1.807, 2.05) is 0 Å². The summed E-state index contributed by atoms with van der Waals surface area (Å²) in [5, 5.41) is 10.7. The minimum atomic E-state index is -2.48. The molecule has 0 radical (unpaired) electrons. The maximum atomic E-state index is 13.2. The van der Waals surface area contributed by atoms with E-state index in [0.717, 1.165) is 6.42 Å². The summed E-state index contributed by atoms with van der Waals surface area (Å²) in [6.07, 6.45) is 4.36. The van der Waals surface area contributed by atoms with Crippen LogP contribution in [0.4, 0.5) is 8.78 Å². The minimum absolute atomic E-state index is 0.00956. The van der Waals surface area contributed by atoms with Crippen LogP contribution in [0.1, 0.15) is 51.9 Å². The van der Waals surface area contributed by atoms with Gasteiger partial charge in [-0.2, -0.15) is 0 Å². The Bertz CT molecular complexity index is 332. The van der Waals surface area contributed by atoms with E-state index in [0.29, 0.717) is 31.5 Å². The Morgan fingerprint density at radius 1 is 1.22 bits per heavy atom. The molecule has 18 heavy (non-hydrogen) atoms. The Labute approximate surface area is 107 Å². The van der Waals surface area contributed by atoms with Crippen LogP contribution in [0.25, 0.3) is 0 Å². The monoisotopic (exact) mass is 259 g/mol. The van der Waals surface area contributed by atoms with Crippen molar-refractivity contribution < 1.29 is 13.9 Å². The van der Waals surface area contributed by atoms with E-state index in [-0.39, 0.29) is 18.8 Å². The molecule has 0 amide bonds. The molecule has 1 saturated heterocycles. The molecule has 3 unspecified atom stereocenters. The highest BCUT2D eigenvalue weighted by molar-refractivity contribution is 5.02. The third kappa shape index (κ3) is 2.55. The van der Waals surface area contributed by atoms with Crippen LogP contribution in [0, 0.1) is 5.92 Å². The van der Waals surface area contributed by atoms with E-state index in [9.17, 15) is 13.9 Å². The quantitative estimate of drug-likeness (QED) is 0.842. The summed E-state index contributed by atoms with van der Waals surface area (Å²) in [4.78, 5) is 2.38. The summed E-state index contributed by atoms with van der Waals surface area (Å²) in [5.74, 6) is -2.47. The number of β-amino-alcohol motifs (C(OH)–C–C–N with tert-alkyl or cyclic N) is 1. The van der Waals surface area contributed by atoms with Gasteiger partial charge in [-0.25, -0.2) is 8.78 Å². The van der Waals surface area contributed by atoms with Gasteiger partial charge in [0.05, 0.1) is 5.60 Å². The van der Waals surface area contributed by atoms with E-state index in [1.54, 1.807) is 0 Å². The van der Waals surface area contributed by atoms with Crippen molar-refractivity contribution >= 4 is 0 Å². The molecular weight excluding hydrogens is 236 g/mol. The second-order valence-electron chi connectivity index (χ2n) is 6.85. The number of aliphatic hydroxyl groups is 1. The predicted octanol–water partition coefficient (Wildman–Crippen LogP) is 2.80. The Balaban J connectivity index is 1.59. The number of nitrogens with zero attached hydrogens (tertiary/aromatic N) is 1. The van der Waals surface area contributed by atoms with Crippen molar-refractivity contribution in [2.45, 2.75) is 75.5 Å². The summed E-state index contributed by atoms with van der Waals surface area (Å²) < 4.78 is 26.4. The number of likely N-dealkylation sites (tertiary alicyclic amines) is 1. The van der Waals surface area contributed by atoms with E-state index >= 15 is 0 Å². The van der Waals surface area contributed by atoms with E-state index in [1.165, 1.54) is 12.8 Å². The Morgan fingerprint density at radius 3 is 2.50 bits per heavy atom. The Kier molecular flexibility index (Phi) is 2.94. The van der Waals surface area contributed by atoms with Gasteiger partial charge in [-0.1, -0.05) is 0 Å². The normalized spacial score (nSPS) is 44.7. The van der Waals surface area contributed by atoms with Gasteiger partial charge in [-0.3, -0.25) is 4.90 Å². The smallest absolute Gasteiger partial charge is 0.248 e. The minimum Gasteiger partial charge on any atom is -0.388 e. The maximum absolute atomic E-state index is 13.2. The molecule has 0 aromatic carbocycles. The van der Waals surface area contributed by atoms with Crippen molar-refractivity contribution in [3.05, 3.63) is 0 Å². The fourth-order valence-electron chi connectivity index (χ4n) is 4.02. The van der Waals surface area contributed by atoms with E-state index in [2.05, 4.69) is 11.8 Å². The van der Waals surface area contributed by atoms with Crippen molar-refractivity contribution in [3.63, 3.8) is 0 Å². The first kappa shape index (κ1) is 12.8. The molecule has 3 fully saturated rings. The zero-order chi connectivity index (χ0) is 13.0. The lowest BCUT2D eigenvalue weighted by Crippen LogP contribution is -2.36. The van der Waals surface area contributed by atoms with Crippen LogP contribution in [-0.2, 0) is 0 Å². The van der Waals surface area contributed by atoms with Crippen molar-refractivity contribution in [1.29, 1.82) is 0 Å².